The van der Waals surface area contributed by atoms with E-state index in [1.54, 1.807) is 19.2 Å². The first-order valence-corrected chi connectivity index (χ1v) is 9.75. The molecule has 1 aromatic rings. The summed E-state index contributed by atoms with van der Waals surface area (Å²) in [4.78, 5) is 4.32. The van der Waals surface area contributed by atoms with Crippen LogP contribution in [0.2, 0.25) is 5.02 Å². The van der Waals surface area contributed by atoms with Gasteiger partial charge >= 0.3 is 0 Å². The highest BCUT2D eigenvalue weighted by Gasteiger charge is 2.42. The second-order valence-electron chi connectivity index (χ2n) is 6.31. The average Bonchev–Trinajstić information content (AvgIpc) is 3.12. The van der Waals surface area contributed by atoms with Crippen LogP contribution >= 0.6 is 23.4 Å². The summed E-state index contributed by atoms with van der Waals surface area (Å²) < 4.78 is 14.0. The van der Waals surface area contributed by atoms with Crippen LogP contribution in [0.3, 0.4) is 0 Å². The number of aliphatic imine (C=N–C) groups is 1. The van der Waals surface area contributed by atoms with E-state index in [1.165, 1.54) is 25.3 Å². The van der Waals surface area contributed by atoms with Crippen molar-refractivity contribution in [2.24, 2.45) is 4.99 Å². The fourth-order valence-corrected chi connectivity index (χ4v) is 4.46. The zero-order valence-electron chi connectivity index (χ0n) is 13.5. The summed E-state index contributed by atoms with van der Waals surface area (Å²) in [5, 5.41) is 8.17. The first kappa shape index (κ1) is 16.9. The Bertz CT molecular complexity index is 575. The van der Waals surface area contributed by atoms with Gasteiger partial charge in [-0.1, -0.05) is 17.7 Å². The SMILES string of the molecule is CN=C(NC1CCC(SC)C1)NC1CC1c1c(F)cccc1Cl. The second-order valence-corrected chi connectivity index (χ2v) is 7.86. The minimum absolute atomic E-state index is 0.129. The summed E-state index contributed by atoms with van der Waals surface area (Å²) in [7, 11) is 1.78. The Labute approximate surface area is 146 Å². The van der Waals surface area contributed by atoms with Gasteiger partial charge in [0.1, 0.15) is 5.82 Å². The summed E-state index contributed by atoms with van der Waals surface area (Å²) >= 11 is 8.10. The molecule has 3 nitrogen and oxygen atoms in total. The third kappa shape index (κ3) is 3.94. The Morgan fingerprint density at radius 3 is 2.78 bits per heavy atom. The van der Waals surface area contributed by atoms with Crippen molar-refractivity contribution in [3.05, 3.63) is 34.6 Å². The molecule has 6 heteroatoms. The van der Waals surface area contributed by atoms with Gasteiger partial charge in [0.05, 0.1) is 0 Å². The Morgan fingerprint density at radius 2 is 2.13 bits per heavy atom. The fraction of sp³-hybridized carbons (Fsp3) is 0.588. The van der Waals surface area contributed by atoms with Crippen molar-refractivity contribution in [2.45, 2.75) is 48.9 Å². The lowest BCUT2D eigenvalue weighted by Gasteiger charge is -2.17. The van der Waals surface area contributed by atoms with Crippen molar-refractivity contribution in [1.82, 2.24) is 10.6 Å². The smallest absolute Gasteiger partial charge is 0.191 e. The van der Waals surface area contributed by atoms with Crippen LogP contribution in [0.15, 0.2) is 23.2 Å². The maximum absolute atomic E-state index is 14.0. The molecule has 1 aromatic carbocycles. The Balaban J connectivity index is 1.56. The van der Waals surface area contributed by atoms with E-state index < -0.39 is 0 Å². The van der Waals surface area contributed by atoms with E-state index in [2.05, 4.69) is 21.9 Å². The molecule has 0 bridgehead atoms. The summed E-state index contributed by atoms with van der Waals surface area (Å²) in [5.41, 5.74) is 0.630. The Morgan fingerprint density at radius 1 is 1.30 bits per heavy atom. The molecule has 0 aliphatic heterocycles. The van der Waals surface area contributed by atoms with Gasteiger partial charge in [0, 0.05) is 40.9 Å². The van der Waals surface area contributed by atoms with Gasteiger partial charge in [-0.15, -0.1) is 0 Å². The van der Waals surface area contributed by atoms with Crippen LogP contribution in [0.5, 0.6) is 0 Å². The van der Waals surface area contributed by atoms with Gasteiger partial charge in [0.15, 0.2) is 5.96 Å². The van der Waals surface area contributed by atoms with Crippen molar-refractivity contribution in [3.63, 3.8) is 0 Å². The summed E-state index contributed by atoms with van der Waals surface area (Å²) in [6, 6.07) is 5.56. The molecule has 2 fully saturated rings. The molecule has 4 atom stereocenters. The minimum Gasteiger partial charge on any atom is -0.354 e. The molecule has 0 radical (unpaired) electrons. The standard InChI is InChI=1S/C17H23ClFN3S/c1-20-17(21-10-6-7-11(8-10)23-2)22-15-9-12(15)16-13(18)4-3-5-14(16)19/h3-5,10-12,15H,6-9H2,1-2H3,(H2,20,21,22). The van der Waals surface area contributed by atoms with Gasteiger partial charge in [-0.2, -0.15) is 11.8 Å². The van der Waals surface area contributed by atoms with Gasteiger partial charge in [-0.05, 0) is 44.1 Å². The molecule has 0 spiro atoms. The van der Waals surface area contributed by atoms with Crippen molar-refractivity contribution in [2.75, 3.05) is 13.3 Å². The summed E-state index contributed by atoms with van der Waals surface area (Å²) in [6.45, 7) is 0. The minimum atomic E-state index is -0.214. The predicted octanol–water partition coefficient (Wildman–Crippen LogP) is 3.78. The number of rotatable bonds is 4. The lowest BCUT2D eigenvalue weighted by Crippen LogP contribution is -2.43. The van der Waals surface area contributed by atoms with Crippen LogP contribution in [0.25, 0.3) is 0 Å². The molecule has 0 aromatic heterocycles. The fourth-order valence-electron chi connectivity index (χ4n) is 3.36. The molecule has 126 valence electrons. The zero-order valence-corrected chi connectivity index (χ0v) is 15.1. The first-order chi connectivity index (χ1) is 11.1. The number of hydrogen-bond acceptors (Lipinski definition) is 2. The van der Waals surface area contributed by atoms with Crippen LogP contribution in [0, 0.1) is 5.82 Å². The number of nitrogens with zero attached hydrogens (tertiary/aromatic N) is 1. The van der Waals surface area contributed by atoms with Crippen LogP contribution < -0.4 is 10.6 Å². The molecule has 0 saturated heterocycles. The van der Waals surface area contributed by atoms with Crippen molar-refractivity contribution < 1.29 is 4.39 Å². The number of nitrogens with one attached hydrogen (secondary N) is 2. The molecule has 0 heterocycles. The monoisotopic (exact) mass is 355 g/mol. The number of halogens is 2. The molecular weight excluding hydrogens is 333 g/mol. The third-order valence-electron chi connectivity index (χ3n) is 4.77. The van der Waals surface area contributed by atoms with Crippen LogP contribution in [0.4, 0.5) is 4.39 Å². The quantitative estimate of drug-likeness (QED) is 0.637. The summed E-state index contributed by atoms with van der Waals surface area (Å²) in [6.07, 6.45) is 6.67. The van der Waals surface area contributed by atoms with E-state index >= 15 is 0 Å². The van der Waals surface area contributed by atoms with E-state index in [4.69, 9.17) is 11.6 Å². The molecule has 0 amide bonds. The van der Waals surface area contributed by atoms with E-state index in [0.717, 1.165) is 17.6 Å². The van der Waals surface area contributed by atoms with Crippen LogP contribution in [-0.2, 0) is 0 Å². The topological polar surface area (TPSA) is 36.4 Å². The van der Waals surface area contributed by atoms with E-state index in [0.29, 0.717) is 16.6 Å². The Hall–Kier alpha value is -0.940. The molecule has 2 aliphatic rings. The largest absolute Gasteiger partial charge is 0.354 e. The molecule has 23 heavy (non-hydrogen) atoms. The maximum Gasteiger partial charge on any atom is 0.191 e. The highest BCUT2D eigenvalue weighted by atomic mass is 35.5. The number of thioether (sulfide) groups is 1. The van der Waals surface area contributed by atoms with Gasteiger partial charge in [-0.25, -0.2) is 4.39 Å². The Kier molecular flexibility index (Phi) is 5.37. The molecule has 4 unspecified atom stereocenters. The van der Waals surface area contributed by atoms with E-state index in [-0.39, 0.29) is 17.8 Å². The number of guanidine groups is 1. The van der Waals surface area contributed by atoms with Crippen molar-refractivity contribution in [3.8, 4) is 0 Å². The molecule has 2 saturated carbocycles. The number of benzene rings is 1. The zero-order chi connectivity index (χ0) is 16.4. The number of hydrogen-bond donors (Lipinski definition) is 2. The molecular formula is C17H23ClFN3S. The van der Waals surface area contributed by atoms with Gasteiger partial charge in [0.25, 0.3) is 0 Å². The van der Waals surface area contributed by atoms with E-state index in [9.17, 15) is 4.39 Å². The molecule has 3 rings (SSSR count). The third-order valence-corrected chi connectivity index (χ3v) is 6.19. The van der Waals surface area contributed by atoms with Crippen LogP contribution in [-0.4, -0.2) is 36.6 Å². The summed E-state index contributed by atoms with van der Waals surface area (Å²) in [5.74, 6) is 0.731. The maximum atomic E-state index is 14.0. The second kappa shape index (κ2) is 7.31. The first-order valence-electron chi connectivity index (χ1n) is 8.09. The van der Waals surface area contributed by atoms with Crippen molar-refractivity contribution >= 4 is 29.3 Å². The molecule has 2 N–H and O–H groups in total. The average molecular weight is 356 g/mol. The lowest BCUT2D eigenvalue weighted by atomic mass is 10.1. The normalized spacial score (nSPS) is 30.3. The highest BCUT2D eigenvalue weighted by molar-refractivity contribution is 7.99. The highest BCUT2D eigenvalue weighted by Crippen LogP contribution is 2.44. The van der Waals surface area contributed by atoms with Gasteiger partial charge < -0.3 is 10.6 Å². The predicted molar refractivity (Wildman–Crippen MR) is 97.1 cm³/mol. The van der Waals surface area contributed by atoms with Gasteiger partial charge in [0.2, 0.25) is 0 Å². The van der Waals surface area contributed by atoms with E-state index in [1.807, 2.05) is 11.8 Å². The van der Waals surface area contributed by atoms with Gasteiger partial charge in [-0.3, -0.25) is 4.99 Å². The van der Waals surface area contributed by atoms with Crippen LogP contribution in [0.1, 0.15) is 37.2 Å². The lowest BCUT2D eigenvalue weighted by molar-refractivity contribution is 0.602. The van der Waals surface area contributed by atoms with Crippen molar-refractivity contribution in [1.29, 1.82) is 0 Å². The molecule has 2 aliphatic carbocycles.